The summed E-state index contributed by atoms with van der Waals surface area (Å²) in [7, 11) is 0. The Morgan fingerprint density at radius 1 is 1.17 bits per heavy atom. The number of thioether (sulfide) groups is 1. The molecular formula is C17H17BrN2O2S. The van der Waals surface area contributed by atoms with Crippen LogP contribution < -0.4 is 11.1 Å². The molecule has 0 aliphatic heterocycles. The van der Waals surface area contributed by atoms with E-state index < -0.39 is 5.91 Å². The molecule has 0 heterocycles. The first-order valence-electron chi connectivity index (χ1n) is 7.04. The molecule has 0 saturated carbocycles. The Balaban J connectivity index is 2.11. The molecule has 2 rings (SSSR count). The minimum atomic E-state index is -0.409. The van der Waals surface area contributed by atoms with Gasteiger partial charge in [-0.15, -0.1) is 11.8 Å². The number of halogens is 1. The third-order valence-electron chi connectivity index (χ3n) is 3.22. The van der Waals surface area contributed by atoms with Crippen molar-refractivity contribution in [3.63, 3.8) is 0 Å². The molecule has 3 N–H and O–H groups in total. The number of hydrogen-bond acceptors (Lipinski definition) is 3. The summed E-state index contributed by atoms with van der Waals surface area (Å²) in [6.07, 6.45) is 0. The normalized spacial score (nSPS) is 11.7. The number of carbonyl (C=O) groups excluding carboxylic acids is 2. The second-order valence-corrected chi connectivity index (χ2v) is 6.93. The van der Waals surface area contributed by atoms with Crippen molar-refractivity contribution in [2.24, 2.45) is 5.73 Å². The van der Waals surface area contributed by atoms with Crippen LogP contribution >= 0.6 is 27.7 Å². The van der Waals surface area contributed by atoms with Gasteiger partial charge in [0, 0.05) is 9.37 Å². The predicted octanol–water partition coefficient (Wildman–Crippen LogP) is 3.52. The maximum Gasteiger partial charge on any atom is 0.252 e. The van der Waals surface area contributed by atoms with E-state index in [0.717, 1.165) is 14.9 Å². The third-order valence-corrected chi connectivity index (χ3v) is 4.84. The van der Waals surface area contributed by atoms with Gasteiger partial charge in [-0.1, -0.05) is 40.2 Å². The molecule has 4 nitrogen and oxygen atoms in total. The van der Waals surface area contributed by atoms with Gasteiger partial charge in [-0.2, -0.15) is 0 Å². The molecule has 23 heavy (non-hydrogen) atoms. The zero-order valence-corrected chi connectivity index (χ0v) is 15.0. The number of primary amides is 1. The highest BCUT2D eigenvalue weighted by molar-refractivity contribution is 9.10. The Labute approximate surface area is 148 Å². The Kier molecular flexibility index (Phi) is 6.24. The first kappa shape index (κ1) is 17.6. The van der Waals surface area contributed by atoms with Crippen LogP contribution in [0.2, 0.25) is 0 Å². The molecular weight excluding hydrogens is 376 g/mol. The average Bonchev–Trinajstić information content (AvgIpc) is 2.53. The van der Waals surface area contributed by atoms with Crippen molar-refractivity contribution >= 4 is 39.5 Å². The van der Waals surface area contributed by atoms with Crippen molar-refractivity contribution in [3.8, 4) is 0 Å². The number of amides is 2. The molecule has 1 atom stereocenters. The van der Waals surface area contributed by atoms with E-state index >= 15 is 0 Å². The second-order valence-electron chi connectivity index (χ2n) is 5.00. The number of benzene rings is 2. The Morgan fingerprint density at radius 2 is 1.83 bits per heavy atom. The van der Waals surface area contributed by atoms with Gasteiger partial charge in [0.25, 0.3) is 5.91 Å². The summed E-state index contributed by atoms with van der Waals surface area (Å²) in [5.74, 6) is -0.437. The molecule has 2 aromatic rings. The lowest BCUT2D eigenvalue weighted by Gasteiger charge is -2.16. The zero-order valence-electron chi connectivity index (χ0n) is 12.6. The molecule has 0 bridgehead atoms. The molecule has 1 unspecified atom stereocenters. The van der Waals surface area contributed by atoms with E-state index in [1.807, 2.05) is 43.3 Å². The summed E-state index contributed by atoms with van der Waals surface area (Å²) in [6.45, 7) is 1.93. The van der Waals surface area contributed by atoms with Gasteiger partial charge in [0.05, 0.1) is 17.4 Å². The highest BCUT2D eigenvalue weighted by Crippen LogP contribution is 2.23. The third kappa shape index (κ3) is 5.11. The first-order chi connectivity index (χ1) is 11.0. The lowest BCUT2D eigenvalue weighted by Crippen LogP contribution is -2.27. The maximum absolute atomic E-state index is 12.5. The Morgan fingerprint density at radius 3 is 2.48 bits per heavy atom. The number of carbonyl (C=O) groups is 2. The van der Waals surface area contributed by atoms with Gasteiger partial charge >= 0.3 is 0 Å². The number of nitrogens with one attached hydrogen (secondary N) is 1. The van der Waals surface area contributed by atoms with Gasteiger partial charge in [-0.25, -0.2) is 0 Å². The van der Waals surface area contributed by atoms with E-state index in [4.69, 9.17) is 5.73 Å². The molecule has 0 aliphatic carbocycles. The standard InChI is InChI=1S/C17H17BrN2O2S/c1-11(12-6-8-13(18)9-7-12)20-17(22)14-4-2-3-5-15(14)23-10-16(19)21/h2-9,11H,10H2,1H3,(H2,19,21)(H,20,22). The molecule has 2 amide bonds. The molecule has 0 saturated heterocycles. The monoisotopic (exact) mass is 392 g/mol. The molecule has 6 heteroatoms. The van der Waals surface area contributed by atoms with Gasteiger partial charge in [-0.05, 0) is 36.8 Å². The quantitative estimate of drug-likeness (QED) is 0.738. The molecule has 0 radical (unpaired) electrons. The van der Waals surface area contributed by atoms with Crippen molar-refractivity contribution in [1.82, 2.24) is 5.32 Å². The van der Waals surface area contributed by atoms with Crippen LogP contribution in [0.15, 0.2) is 57.9 Å². The number of hydrogen-bond donors (Lipinski definition) is 2. The van der Waals surface area contributed by atoms with Crippen LogP contribution in [0.1, 0.15) is 28.9 Å². The second kappa shape index (κ2) is 8.17. The fourth-order valence-corrected chi connectivity index (χ4v) is 3.09. The van der Waals surface area contributed by atoms with Crippen LogP contribution in [0.5, 0.6) is 0 Å². The highest BCUT2D eigenvalue weighted by Gasteiger charge is 2.15. The fraction of sp³-hybridized carbons (Fsp3) is 0.176. The lowest BCUT2D eigenvalue weighted by molar-refractivity contribution is -0.115. The minimum Gasteiger partial charge on any atom is -0.369 e. The van der Waals surface area contributed by atoms with Crippen LogP contribution in [0.4, 0.5) is 0 Å². The molecule has 0 aromatic heterocycles. The summed E-state index contributed by atoms with van der Waals surface area (Å²) in [5.41, 5.74) is 6.73. The summed E-state index contributed by atoms with van der Waals surface area (Å²) in [5, 5.41) is 2.98. The van der Waals surface area contributed by atoms with Crippen molar-refractivity contribution in [2.75, 3.05) is 5.75 Å². The topological polar surface area (TPSA) is 72.2 Å². The minimum absolute atomic E-state index is 0.121. The van der Waals surface area contributed by atoms with E-state index in [2.05, 4.69) is 21.2 Å². The highest BCUT2D eigenvalue weighted by atomic mass is 79.9. The zero-order chi connectivity index (χ0) is 16.8. The fourth-order valence-electron chi connectivity index (χ4n) is 2.04. The van der Waals surface area contributed by atoms with Crippen molar-refractivity contribution < 1.29 is 9.59 Å². The average molecular weight is 393 g/mol. The van der Waals surface area contributed by atoms with E-state index in [-0.39, 0.29) is 17.7 Å². The van der Waals surface area contributed by atoms with Crippen LogP contribution in [-0.4, -0.2) is 17.6 Å². The smallest absolute Gasteiger partial charge is 0.252 e. The van der Waals surface area contributed by atoms with E-state index in [1.54, 1.807) is 12.1 Å². The van der Waals surface area contributed by atoms with Crippen LogP contribution in [0.25, 0.3) is 0 Å². The molecule has 2 aromatic carbocycles. The Hall–Kier alpha value is -1.79. The summed E-state index contributed by atoms with van der Waals surface area (Å²) < 4.78 is 0.993. The molecule has 120 valence electrons. The van der Waals surface area contributed by atoms with Crippen molar-refractivity contribution in [3.05, 3.63) is 64.1 Å². The van der Waals surface area contributed by atoms with Crippen LogP contribution in [0, 0.1) is 0 Å². The Bertz CT molecular complexity index is 704. The van der Waals surface area contributed by atoms with E-state index in [0.29, 0.717) is 5.56 Å². The molecule has 0 aliphatic rings. The van der Waals surface area contributed by atoms with Gasteiger partial charge in [0.1, 0.15) is 0 Å². The van der Waals surface area contributed by atoms with E-state index in [9.17, 15) is 9.59 Å². The van der Waals surface area contributed by atoms with Gasteiger partial charge < -0.3 is 11.1 Å². The van der Waals surface area contributed by atoms with Gasteiger partial charge in [-0.3, -0.25) is 9.59 Å². The van der Waals surface area contributed by atoms with Crippen LogP contribution in [-0.2, 0) is 4.79 Å². The largest absolute Gasteiger partial charge is 0.369 e. The SMILES string of the molecule is CC(NC(=O)c1ccccc1SCC(N)=O)c1ccc(Br)cc1. The van der Waals surface area contributed by atoms with Gasteiger partial charge in [0.15, 0.2) is 0 Å². The molecule has 0 fully saturated rings. The predicted molar refractivity (Wildman–Crippen MR) is 96.4 cm³/mol. The summed E-state index contributed by atoms with van der Waals surface area (Å²) in [6, 6.07) is 14.9. The lowest BCUT2D eigenvalue weighted by atomic mass is 10.1. The summed E-state index contributed by atoms with van der Waals surface area (Å²) >= 11 is 4.66. The van der Waals surface area contributed by atoms with Crippen molar-refractivity contribution in [1.29, 1.82) is 0 Å². The summed E-state index contributed by atoms with van der Waals surface area (Å²) in [4.78, 5) is 24.2. The number of nitrogens with two attached hydrogens (primary N) is 1. The number of rotatable bonds is 6. The maximum atomic E-state index is 12.5. The van der Waals surface area contributed by atoms with E-state index in [1.165, 1.54) is 11.8 Å². The molecule has 0 spiro atoms. The van der Waals surface area contributed by atoms with Crippen LogP contribution in [0.3, 0.4) is 0 Å². The van der Waals surface area contributed by atoms with Gasteiger partial charge in [0.2, 0.25) is 5.91 Å². The first-order valence-corrected chi connectivity index (χ1v) is 8.81. The van der Waals surface area contributed by atoms with Crippen molar-refractivity contribution in [2.45, 2.75) is 17.9 Å².